The van der Waals surface area contributed by atoms with Crippen LogP contribution in [0.3, 0.4) is 0 Å². The van der Waals surface area contributed by atoms with Crippen LogP contribution in [0.25, 0.3) is 0 Å². The van der Waals surface area contributed by atoms with Crippen molar-refractivity contribution in [1.29, 1.82) is 5.26 Å². The summed E-state index contributed by atoms with van der Waals surface area (Å²) in [4.78, 5) is 4.17. The Morgan fingerprint density at radius 1 is 1.45 bits per heavy atom. The highest BCUT2D eigenvalue weighted by atomic mass is 32.2. The first-order valence-corrected chi connectivity index (χ1v) is 8.33. The maximum Gasteiger partial charge on any atom is 0.244 e. The van der Waals surface area contributed by atoms with E-state index in [4.69, 9.17) is 0 Å². The fourth-order valence-corrected chi connectivity index (χ4v) is 4.43. The van der Waals surface area contributed by atoms with E-state index in [-0.39, 0.29) is 16.4 Å². The number of hydrogen-bond donors (Lipinski definition) is 1. The van der Waals surface area contributed by atoms with Crippen molar-refractivity contribution in [2.45, 2.75) is 24.2 Å². The Bertz CT molecular complexity index is 823. The van der Waals surface area contributed by atoms with Crippen molar-refractivity contribution < 1.29 is 8.42 Å². The standard InChI is InChI=1S/C14H15N5O2S/c1-10-3-2-4-13(12(10)7-15)22(20,21)19-6-5-11(8-19)14-16-9-17-18-14/h2-4,9,11H,5-6,8H2,1H3,(H,16,17,18)/t11-/m1/s1. The molecule has 8 heteroatoms. The molecule has 7 nitrogen and oxygen atoms in total. The summed E-state index contributed by atoms with van der Waals surface area (Å²) in [5.41, 5.74) is 0.875. The van der Waals surface area contributed by atoms with Crippen molar-refractivity contribution in [3.05, 3.63) is 41.5 Å². The minimum Gasteiger partial charge on any atom is -0.263 e. The van der Waals surface area contributed by atoms with Gasteiger partial charge in [-0.3, -0.25) is 5.10 Å². The molecule has 0 saturated carbocycles. The van der Waals surface area contributed by atoms with Crippen molar-refractivity contribution >= 4 is 10.0 Å². The van der Waals surface area contributed by atoms with Gasteiger partial charge in [-0.15, -0.1) is 0 Å². The molecule has 0 spiro atoms. The van der Waals surface area contributed by atoms with Crippen LogP contribution < -0.4 is 0 Å². The van der Waals surface area contributed by atoms with Crippen LogP contribution in [0.2, 0.25) is 0 Å². The molecule has 3 rings (SSSR count). The third kappa shape index (κ3) is 2.38. The zero-order valence-electron chi connectivity index (χ0n) is 12.0. The molecule has 0 unspecified atom stereocenters. The Kier molecular flexibility index (Phi) is 3.68. The summed E-state index contributed by atoms with van der Waals surface area (Å²) in [6.07, 6.45) is 2.10. The second kappa shape index (κ2) is 5.51. The van der Waals surface area contributed by atoms with Gasteiger partial charge >= 0.3 is 0 Å². The summed E-state index contributed by atoms with van der Waals surface area (Å²) in [5, 5.41) is 15.8. The first-order chi connectivity index (χ1) is 10.5. The molecule has 22 heavy (non-hydrogen) atoms. The van der Waals surface area contributed by atoms with Crippen molar-refractivity contribution in [2.24, 2.45) is 0 Å². The van der Waals surface area contributed by atoms with Crippen molar-refractivity contribution in [2.75, 3.05) is 13.1 Å². The Morgan fingerprint density at radius 3 is 2.95 bits per heavy atom. The number of hydrogen-bond acceptors (Lipinski definition) is 5. The molecular formula is C14H15N5O2S. The summed E-state index contributed by atoms with van der Waals surface area (Å²) in [6.45, 7) is 2.49. The lowest BCUT2D eigenvalue weighted by molar-refractivity contribution is 0.471. The van der Waals surface area contributed by atoms with E-state index in [0.29, 0.717) is 30.9 Å². The van der Waals surface area contributed by atoms with Crippen LogP contribution in [-0.4, -0.2) is 41.0 Å². The van der Waals surface area contributed by atoms with Gasteiger partial charge in [0.1, 0.15) is 23.1 Å². The molecule has 114 valence electrons. The van der Waals surface area contributed by atoms with Crippen LogP contribution in [0.15, 0.2) is 29.4 Å². The monoisotopic (exact) mass is 317 g/mol. The normalized spacial score (nSPS) is 19.2. The second-order valence-corrected chi connectivity index (χ2v) is 7.19. The van der Waals surface area contributed by atoms with Gasteiger partial charge in [0, 0.05) is 19.0 Å². The largest absolute Gasteiger partial charge is 0.263 e. The topological polar surface area (TPSA) is 103 Å². The van der Waals surface area contributed by atoms with Crippen LogP contribution >= 0.6 is 0 Å². The van der Waals surface area contributed by atoms with Gasteiger partial charge in [-0.25, -0.2) is 13.4 Å². The Morgan fingerprint density at radius 2 is 2.27 bits per heavy atom. The van der Waals surface area contributed by atoms with Crippen molar-refractivity contribution in [1.82, 2.24) is 19.5 Å². The highest BCUT2D eigenvalue weighted by Crippen LogP contribution is 2.30. The molecule has 0 amide bonds. The predicted octanol–water partition coefficient (Wildman–Crippen LogP) is 1.16. The minimum absolute atomic E-state index is 0.00706. The minimum atomic E-state index is -3.68. The molecule has 1 aliphatic rings. The lowest BCUT2D eigenvalue weighted by Gasteiger charge is -2.17. The van der Waals surface area contributed by atoms with E-state index in [9.17, 15) is 13.7 Å². The number of sulfonamides is 1. The predicted molar refractivity (Wildman–Crippen MR) is 78.4 cm³/mol. The third-order valence-corrected chi connectivity index (χ3v) is 5.84. The molecule has 1 atom stereocenters. The van der Waals surface area contributed by atoms with E-state index in [0.717, 1.165) is 0 Å². The van der Waals surface area contributed by atoms with E-state index in [1.165, 1.54) is 16.7 Å². The molecule has 2 heterocycles. The fraction of sp³-hybridized carbons (Fsp3) is 0.357. The molecule has 1 fully saturated rings. The van der Waals surface area contributed by atoms with Crippen LogP contribution in [0.5, 0.6) is 0 Å². The summed E-state index contributed by atoms with van der Waals surface area (Å²) in [7, 11) is -3.68. The number of nitrogens with one attached hydrogen (secondary N) is 1. The molecule has 1 N–H and O–H groups in total. The SMILES string of the molecule is Cc1cccc(S(=O)(=O)N2CC[C@@H](c3ncn[nH]3)C2)c1C#N. The highest BCUT2D eigenvalue weighted by Gasteiger charge is 2.35. The zero-order chi connectivity index (χ0) is 15.7. The number of aromatic nitrogens is 3. The van der Waals surface area contributed by atoms with Gasteiger partial charge in [0.05, 0.1) is 5.56 Å². The average Bonchev–Trinajstić information content (AvgIpc) is 3.17. The fourth-order valence-electron chi connectivity index (χ4n) is 2.72. The lowest BCUT2D eigenvalue weighted by Crippen LogP contribution is -2.29. The number of H-pyrrole nitrogens is 1. The Hall–Kier alpha value is -2.24. The van der Waals surface area contributed by atoms with Gasteiger partial charge in [0.2, 0.25) is 10.0 Å². The van der Waals surface area contributed by atoms with E-state index in [1.54, 1.807) is 19.1 Å². The van der Waals surface area contributed by atoms with Gasteiger partial charge in [0.25, 0.3) is 0 Å². The number of aromatic amines is 1. The number of aryl methyl sites for hydroxylation is 1. The number of nitrogens with zero attached hydrogens (tertiary/aromatic N) is 4. The third-order valence-electron chi connectivity index (χ3n) is 3.94. The van der Waals surface area contributed by atoms with Gasteiger partial charge in [-0.1, -0.05) is 12.1 Å². The summed E-state index contributed by atoms with van der Waals surface area (Å²) in [5.74, 6) is 0.704. The highest BCUT2D eigenvalue weighted by molar-refractivity contribution is 7.89. The molecule has 1 saturated heterocycles. The van der Waals surface area contributed by atoms with Crippen molar-refractivity contribution in [3.8, 4) is 6.07 Å². The molecule has 1 aromatic carbocycles. The Balaban J connectivity index is 1.92. The maximum atomic E-state index is 12.8. The van der Waals surface area contributed by atoms with Gasteiger partial charge in [-0.2, -0.15) is 14.7 Å². The van der Waals surface area contributed by atoms with Crippen LogP contribution in [-0.2, 0) is 10.0 Å². The summed E-state index contributed by atoms with van der Waals surface area (Å²) < 4.78 is 27.0. The van der Waals surface area contributed by atoms with Crippen LogP contribution in [0.4, 0.5) is 0 Å². The molecular weight excluding hydrogens is 302 g/mol. The number of rotatable bonds is 3. The van der Waals surface area contributed by atoms with E-state index < -0.39 is 10.0 Å². The number of benzene rings is 1. The molecule has 0 bridgehead atoms. The molecule has 2 aromatic rings. The smallest absolute Gasteiger partial charge is 0.244 e. The van der Waals surface area contributed by atoms with Gasteiger partial charge in [0.15, 0.2) is 0 Å². The summed E-state index contributed by atoms with van der Waals surface area (Å²) >= 11 is 0. The Labute approximate surface area is 128 Å². The maximum absolute atomic E-state index is 12.8. The first kappa shape index (κ1) is 14.7. The zero-order valence-corrected chi connectivity index (χ0v) is 12.8. The van der Waals surface area contributed by atoms with E-state index >= 15 is 0 Å². The molecule has 0 radical (unpaired) electrons. The first-order valence-electron chi connectivity index (χ1n) is 6.89. The lowest BCUT2D eigenvalue weighted by atomic mass is 10.1. The molecule has 1 aromatic heterocycles. The number of nitriles is 1. The van der Waals surface area contributed by atoms with Crippen LogP contribution in [0, 0.1) is 18.3 Å². The van der Waals surface area contributed by atoms with E-state index in [1.807, 2.05) is 6.07 Å². The van der Waals surface area contributed by atoms with E-state index in [2.05, 4.69) is 15.2 Å². The summed E-state index contributed by atoms with van der Waals surface area (Å²) in [6, 6.07) is 6.88. The average molecular weight is 317 g/mol. The van der Waals surface area contributed by atoms with Gasteiger partial charge < -0.3 is 0 Å². The van der Waals surface area contributed by atoms with Gasteiger partial charge in [-0.05, 0) is 25.0 Å². The van der Waals surface area contributed by atoms with Crippen LogP contribution in [0.1, 0.15) is 29.3 Å². The molecule has 1 aliphatic heterocycles. The molecule has 0 aliphatic carbocycles. The quantitative estimate of drug-likeness (QED) is 0.915. The second-order valence-electron chi connectivity index (χ2n) is 5.28. The van der Waals surface area contributed by atoms with Crippen molar-refractivity contribution in [3.63, 3.8) is 0 Å².